The van der Waals surface area contributed by atoms with Crippen molar-refractivity contribution in [3.05, 3.63) is 63.2 Å². The fourth-order valence-corrected chi connectivity index (χ4v) is 5.31. The maximum absolute atomic E-state index is 13.8. The zero-order chi connectivity index (χ0) is 27.8. The summed E-state index contributed by atoms with van der Waals surface area (Å²) in [4.78, 5) is 39.2. The maximum atomic E-state index is 13.8. The normalized spacial score (nSPS) is 20.6. The van der Waals surface area contributed by atoms with Gasteiger partial charge in [-0.15, -0.1) is 0 Å². The first kappa shape index (κ1) is 26.8. The largest absolute Gasteiger partial charge is 0.465 e. The van der Waals surface area contributed by atoms with Crippen molar-refractivity contribution in [2.45, 2.75) is 77.4 Å². The van der Waals surface area contributed by atoms with Crippen molar-refractivity contribution in [1.82, 2.24) is 19.6 Å². The highest BCUT2D eigenvalue weighted by Crippen LogP contribution is 2.39. The van der Waals surface area contributed by atoms with Gasteiger partial charge in [0, 0.05) is 24.4 Å². The molecule has 5 rings (SSSR count). The molecule has 3 aromatic rings. The van der Waals surface area contributed by atoms with Crippen LogP contribution in [0.1, 0.15) is 52.2 Å². The molecule has 4 heterocycles. The second-order valence-electron chi connectivity index (χ2n) is 10.7. The smallest absolute Gasteiger partial charge is 0.271 e. The number of anilines is 1. The molecule has 1 saturated carbocycles. The second-order valence-corrected chi connectivity index (χ2v) is 10.7. The van der Waals surface area contributed by atoms with E-state index >= 15 is 0 Å². The molecule has 1 amide bonds. The lowest BCUT2D eigenvalue weighted by Gasteiger charge is -2.34. The molecule has 39 heavy (non-hydrogen) atoms. The minimum atomic E-state index is -1.27. The van der Waals surface area contributed by atoms with E-state index in [0.29, 0.717) is 19.0 Å². The molecule has 0 aromatic carbocycles. The second kappa shape index (κ2) is 10.4. The molecule has 1 aliphatic heterocycles. The van der Waals surface area contributed by atoms with E-state index in [9.17, 15) is 14.4 Å². The Morgan fingerprint density at radius 3 is 2.69 bits per heavy atom. The van der Waals surface area contributed by atoms with Gasteiger partial charge in [0.15, 0.2) is 17.4 Å². The summed E-state index contributed by atoms with van der Waals surface area (Å²) >= 11 is 0. The summed E-state index contributed by atoms with van der Waals surface area (Å²) < 4.78 is 25.2. The number of hydrogen-bond acceptors (Lipinski definition) is 9. The van der Waals surface area contributed by atoms with Crippen molar-refractivity contribution in [2.24, 2.45) is 5.92 Å². The Labute approximate surface area is 224 Å². The quantitative estimate of drug-likeness (QED) is 0.457. The number of carbonyl (C=O) groups excluding carboxylic acids is 1. The molecule has 1 N–H and O–H groups in total. The van der Waals surface area contributed by atoms with Crippen LogP contribution in [-0.4, -0.2) is 44.0 Å². The number of carbonyl (C=O) groups is 1. The van der Waals surface area contributed by atoms with Gasteiger partial charge in [0.25, 0.3) is 11.5 Å². The number of nitrogens with one attached hydrogen (secondary N) is 1. The SMILES string of the molecule is Cc1occc(=O)c1Oc1cnn(C(C)(C(=O)Nc2ccn(C[C@@H]3COC(C)(C)O3)n2)C2CCCC2)c(=O)c1. The Morgan fingerprint density at radius 2 is 2.03 bits per heavy atom. The molecule has 1 saturated heterocycles. The van der Waals surface area contributed by atoms with Crippen LogP contribution in [0, 0.1) is 12.8 Å². The van der Waals surface area contributed by atoms with Gasteiger partial charge in [-0.2, -0.15) is 10.2 Å². The molecule has 0 bridgehead atoms. The summed E-state index contributed by atoms with van der Waals surface area (Å²) in [7, 11) is 0. The number of rotatable bonds is 8. The lowest BCUT2D eigenvalue weighted by atomic mass is 9.83. The number of aromatic nitrogens is 4. The number of nitrogens with zero attached hydrogens (tertiary/aromatic N) is 4. The van der Waals surface area contributed by atoms with Crippen LogP contribution in [0.5, 0.6) is 11.5 Å². The van der Waals surface area contributed by atoms with E-state index in [1.54, 1.807) is 30.8 Å². The first-order chi connectivity index (χ1) is 18.5. The molecular formula is C27H33N5O7. The lowest BCUT2D eigenvalue weighted by molar-refractivity contribution is -0.139. The molecule has 2 aliphatic rings. The standard InChI is InChI=1S/C27H33N5O7/c1-17-24(21(33)10-12-36-17)38-19-13-23(34)32(28-14-19)27(4,18-7-5-6-8-18)25(35)29-22-9-11-31(30-22)15-20-16-37-26(2,3)39-20/h9-14,18,20H,5-8,15-16H2,1-4H3,(H,29,30,35)/t20-,27?/m1/s1. The van der Waals surface area contributed by atoms with Gasteiger partial charge in [-0.1, -0.05) is 12.8 Å². The van der Waals surface area contributed by atoms with E-state index < -0.39 is 16.9 Å². The van der Waals surface area contributed by atoms with Crippen LogP contribution < -0.4 is 21.0 Å². The maximum Gasteiger partial charge on any atom is 0.271 e. The van der Waals surface area contributed by atoms with E-state index in [1.165, 1.54) is 29.3 Å². The summed E-state index contributed by atoms with van der Waals surface area (Å²) in [6.45, 7) is 7.97. The minimum Gasteiger partial charge on any atom is -0.465 e. The Balaban J connectivity index is 1.37. The summed E-state index contributed by atoms with van der Waals surface area (Å²) in [5.41, 5.74) is -2.18. The van der Waals surface area contributed by atoms with Crippen LogP contribution in [0.25, 0.3) is 0 Å². The predicted octanol–water partition coefficient (Wildman–Crippen LogP) is 3.19. The van der Waals surface area contributed by atoms with Crippen LogP contribution in [0.4, 0.5) is 5.82 Å². The fraction of sp³-hybridized carbons (Fsp3) is 0.519. The van der Waals surface area contributed by atoms with Gasteiger partial charge in [-0.3, -0.25) is 19.1 Å². The number of amides is 1. The van der Waals surface area contributed by atoms with Crippen molar-refractivity contribution in [2.75, 3.05) is 11.9 Å². The molecule has 1 aliphatic carbocycles. The fourth-order valence-electron chi connectivity index (χ4n) is 5.31. The third-order valence-electron chi connectivity index (χ3n) is 7.39. The number of aryl methyl sites for hydroxylation is 1. The van der Waals surface area contributed by atoms with Crippen molar-refractivity contribution in [3.8, 4) is 11.5 Å². The van der Waals surface area contributed by atoms with Gasteiger partial charge in [-0.25, -0.2) is 4.68 Å². The van der Waals surface area contributed by atoms with Crippen LogP contribution >= 0.6 is 0 Å². The molecule has 1 unspecified atom stereocenters. The van der Waals surface area contributed by atoms with Crippen LogP contribution in [0.3, 0.4) is 0 Å². The Bertz CT molecular complexity index is 1470. The highest BCUT2D eigenvalue weighted by molar-refractivity contribution is 5.95. The zero-order valence-corrected chi connectivity index (χ0v) is 22.5. The third-order valence-corrected chi connectivity index (χ3v) is 7.39. The first-order valence-corrected chi connectivity index (χ1v) is 13.1. The van der Waals surface area contributed by atoms with Gasteiger partial charge in [0.2, 0.25) is 11.2 Å². The van der Waals surface area contributed by atoms with E-state index in [2.05, 4.69) is 15.5 Å². The number of ether oxygens (including phenoxy) is 3. The van der Waals surface area contributed by atoms with Crippen LogP contribution in [0.15, 0.2) is 50.9 Å². The van der Waals surface area contributed by atoms with Crippen molar-refractivity contribution in [3.63, 3.8) is 0 Å². The molecular weight excluding hydrogens is 506 g/mol. The monoisotopic (exact) mass is 539 g/mol. The van der Waals surface area contributed by atoms with Crippen molar-refractivity contribution in [1.29, 1.82) is 0 Å². The highest BCUT2D eigenvalue weighted by atomic mass is 16.7. The molecule has 3 aromatic heterocycles. The molecule has 0 radical (unpaired) electrons. The topological polar surface area (TPSA) is 140 Å². The van der Waals surface area contributed by atoms with E-state index in [4.69, 9.17) is 18.6 Å². The predicted molar refractivity (Wildman–Crippen MR) is 140 cm³/mol. The number of hydrogen-bond donors (Lipinski definition) is 1. The summed E-state index contributed by atoms with van der Waals surface area (Å²) in [5.74, 6) is -0.437. The van der Waals surface area contributed by atoms with Crippen LogP contribution in [-0.2, 0) is 26.4 Å². The van der Waals surface area contributed by atoms with E-state index in [-0.39, 0.29) is 40.6 Å². The Morgan fingerprint density at radius 1 is 1.26 bits per heavy atom. The van der Waals surface area contributed by atoms with Gasteiger partial charge < -0.3 is 23.9 Å². The lowest BCUT2D eigenvalue weighted by Crippen LogP contribution is -2.53. The van der Waals surface area contributed by atoms with Gasteiger partial charge in [0.1, 0.15) is 17.4 Å². The van der Waals surface area contributed by atoms with Gasteiger partial charge >= 0.3 is 0 Å². The Hall–Kier alpha value is -3.77. The first-order valence-electron chi connectivity index (χ1n) is 13.1. The molecule has 2 atom stereocenters. The van der Waals surface area contributed by atoms with Gasteiger partial charge in [0.05, 0.1) is 25.6 Å². The van der Waals surface area contributed by atoms with Crippen molar-refractivity contribution < 1.29 is 23.4 Å². The zero-order valence-electron chi connectivity index (χ0n) is 22.5. The summed E-state index contributed by atoms with van der Waals surface area (Å²) in [5, 5.41) is 11.7. The summed E-state index contributed by atoms with van der Waals surface area (Å²) in [6, 6.07) is 4.16. The molecule has 12 nitrogen and oxygen atoms in total. The van der Waals surface area contributed by atoms with Crippen molar-refractivity contribution >= 4 is 11.7 Å². The average Bonchev–Trinajstić information content (AvgIpc) is 3.64. The van der Waals surface area contributed by atoms with Crippen LogP contribution in [0.2, 0.25) is 0 Å². The van der Waals surface area contributed by atoms with Gasteiger partial charge in [-0.05, 0) is 46.5 Å². The minimum absolute atomic E-state index is 0.0264. The highest BCUT2D eigenvalue weighted by Gasteiger charge is 2.46. The average molecular weight is 540 g/mol. The molecule has 2 fully saturated rings. The Kier molecular flexibility index (Phi) is 7.17. The molecule has 208 valence electrons. The summed E-state index contributed by atoms with van der Waals surface area (Å²) in [6.07, 6.45) is 7.69. The molecule has 0 spiro atoms. The van der Waals surface area contributed by atoms with E-state index in [1.807, 2.05) is 13.8 Å². The molecule has 12 heteroatoms. The third kappa shape index (κ3) is 5.52. The van der Waals surface area contributed by atoms with E-state index in [0.717, 1.165) is 25.7 Å².